The van der Waals surface area contributed by atoms with Crippen molar-refractivity contribution in [2.75, 3.05) is 7.11 Å². The van der Waals surface area contributed by atoms with E-state index in [1.165, 1.54) is 44.6 Å². The number of unbranched alkanes of at least 4 members (excludes halogenated alkanes) is 3. The van der Waals surface area contributed by atoms with E-state index < -0.39 is 11.5 Å². The summed E-state index contributed by atoms with van der Waals surface area (Å²) in [5.74, 6) is -0.378. The molecule has 1 amide bonds. The molecule has 0 spiro atoms. The summed E-state index contributed by atoms with van der Waals surface area (Å²) in [6.07, 6.45) is 7.17. The maximum atomic E-state index is 13.2. The average Bonchev–Trinajstić information content (AvgIpc) is 3.17. The lowest BCUT2D eigenvalue weighted by atomic mass is 10.0. The number of carbonyl (C=O) groups is 2. The molecule has 0 unspecified atom stereocenters. The van der Waals surface area contributed by atoms with Gasteiger partial charge in [0, 0.05) is 11.1 Å². The Morgan fingerprint density at radius 1 is 1.10 bits per heavy atom. The minimum absolute atomic E-state index is 0.0937. The van der Waals surface area contributed by atoms with Crippen molar-refractivity contribution >= 4 is 11.9 Å². The molecule has 2 rings (SSSR count). The molecule has 1 aromatic heterocycles. The predicted molar refractivity (Wildman–Crippen MR) is 112 cm³/mol. The Bertz CT molecular complexity index is 803. The van der Waals surface area contributed by atoms with Crippen LogP contribution in [0.4, 0.5) is 0 Å². The Morgan fingerprint density at radius 2 is 1.79 bits per heavy atom. The van der Waals surface area contributed by atoms with E-state index in [9.17, 15) is 9.59 Å². The summed E-state index contributed by atoms with van der Waals surface area (Å²) in [7, 11) is 1.29. The van der Waals surface area contributed by atoms with Gasteiger partial charge in [-0.05, 0) is 51.3 Å². The number of carbonyl (C=O) groups excluding carboxylic acids is 2. The van der Waals surface area contributed by atoms with Crippen LogP contribution < -0.4 is 0 Å². The van der Waals surface area contributed by atoms with Crippen LogP contribution in [0.5, 0.6) is 0 Å². The van der Waals surface area contributed by atoms with Crippen molar-refractivity contribution in [3.63, 3.8) is 0 Å². The topological polar surface area (TPSA) is 72.6 Å². The Balaban J connectivity index is 2.10. The molecular formula is C23H32N2O4. The van der Waals surface area contributed by atoms with Gasteiger partial charge in [0.05, 0.1) is 13.7 Å². The van der Waals surface area contributed by atoms with E-state index in [-0.39, 0.29) is 18.1 Å². The largest absolute Gasteiger partial charge is 0.464 e. The first kappa shape index (κ1) is 22.7. The zero-order chi connectivity index (χ0) is 21.4. The van der Waals surface area contributed by atoms with Crippen LogP contribution in [0.25, 0.3) is 0 Å². The number of esters is 1. The van der Waals surface area contributed by atoms with Crippen molar-refractivity contribution in [2.45, 2.75) is 71.9 Å². The number of rotatable bonds is 9. The van der Waals surface area contributed by atoms with Crippen molar-refractivity contribution in [1.29, 1.82) is 0 Å². The van der Waals surface area contributed by atoms with Crippen LogP contribution in [0.1, 0.15) is 85.7 Å². The molecule has 29 heavy (non-hydrogen) atoms. The van der Waals surface area contributed by atoms with Gasteiger partial charge in [-0.15, -0.1) is 0 Å². The van der Waals surface area contributed by atoms with Gasteiger partial charge in [-0.2, -0.15) is 0 Å². The normalized spacial score (nSPS) is 11.3. The second-order valence-electron chi connectivity index (χ2n) is 8.19. The number of methoxy groups -OCH3 is 1. The van der Waals surface area contributed by atoms with E-state index in [0.717, 1.165) is 6.42 Å². The third-order valence-corrected chi connectivity index (χ3v) is 4.81. The molecule has 0 saturated carbocycles. The lowest BCUT2D eigenvalue weighted by Gasteiger charge is -2.35. The first-order valence-electron chi connectivity index (χ1n) is 10.2. The van der Waals surface area contributed by atoms with Crippen LogP contribution in [0, 0.1) is 0 Å². The van der Waals surface area contributed by atoms with Crippen LogP contribution in [0.15, 0.2) is 34.9 Å². The minimum atomic E-state index is -0.567. The highest BCUT2D eigenvalue weighted by atomic mass is 16.5. The van der Waals surface area contributed by atoms with E-state index in [2.05, 4.69) is 16.6 Å². The third-order valence-electron chi connectivity index (χ3n) is 4.81. The van der Waals surface area contributed by atoms with Gasteiger partial charge < -0.3 is 14.1 Å². The Labute approximate surface area is 173 Å². The van der Waals surface area contributed by atoms with Gasteiger partial charge in [0.15, 0.2) is 5.69 Å². The molecule has 1 aromatic carbocycles. The molecule has 0 bridgehead atoms. The second-order valence-corrected chi connectivity index (χ2v) is 8.19. The number of benzene rings is 1. The molecule has 158 valence electrons. The quantitative estimate of drug-likeness (QED) is 0.436. The zero-order valence-electron chi connectivity index (χ0n) is 18.2. The second kappa shape index (κ2) is 10.2. The first-order chi connectivity index (χ1) is 13.8. The highest BCUT2D eigenvalue weighted by Gasteiger charge is 2.29. The standard InChI is InChI=1S/C23H32N2O4/c1-6-7-8-9-10-17-11-13-18(14-12-17)21(26)25(23(2,3)4)15-20-24-19(16-29-20)22(27)28-5/h11-14,16H,6-10,15H2,1-5H3. The van der Waals surface area contributed by atoms with E-state index in [4.69, 9.17) is 4.42 Å². The number of aryl methyl sites for hydroxylation is 1. The smallest absolute Gasteiger partial charge is 0.360 e. The average molecular weight is 401 g/mol. The molecule has 0 radical (unpaired) electrons. The predicted octanol–water partition coefficient (Wildman–Crippen LogP) is 5.02. The van der Waals surface area contributed by atoms with Gasteiger partial charge in [0.25, 0.3) is 5.91 Å². The van der Waals surface area contributed by atoms with Crippen LogP contribution in [0.3, 0.4) is 0 Å². The van der Waals surface area contributed by atoms with Gasteiger partial charge in [0.1, 0.15) is 6.26 Å². The zero-order valence-corrected chi connectivity index (χ0v) is 18.2. The summed E-state index contributed by atoms with van der Waals surface area (Å²) in [4.78, 5) is 30.6. The van der Waals surface area contributed by atoms with Gasteiger partial charge in [-0.3, -0.25) is 4.79 Å². The summed E-state index contributed by atoms with van der Waals surface area (Å²) < 4.78 is 10.0. The van der Waals surface area contributed by atoms with Gasteiger partial charge in [0.2, 0.25) is 5.89 Å². The van der Waals surface area contributed by atoms with Gasteiger partial charge in [-0.1, -0.05) is 38.3 Å². The van der Waals surface area contributed by atoms with Crippen molar-refractivity contribution in [1.82, 2.24) is 9.88 Å². The molecule has 0 saturated heterocycles. The van der Waals surface area contributed by atoms with E-state index in [0.29, 0.717) is 11.5 Å². The number of oxazole rings is 1. The first-order valence-corrected chi connectivity index (χ1v) is 10.2. The van der Waals surface area contributed by atoms with Gasteiger partial charge in [-0.25, -0.2) is 9.78 Å². The van der Waals surface area contributed by atoms with Crippen LogP contribution in [-0.4, -0.2) is 34.4 Å². The van der Waals surface area contributed by atoms with Crippen molar-refractivity contribution in [3.05, 3.63) is 53.2 Å². The molecule has 0 aliphatic heterocycles. The number of ether oxygens (including phenoxy) is 1. The maximum absolute atomic E-state index is 13.2. The molecule has 1 heterocycles. The van der Waals surface area contributed by atoms with E-state index in [1.54, 1.807) is 4.90 Å². The molecule has 6 nitrogen and oxygen atoms in total. The number of hydrogen-bond donors (Lipinski definition) is 0. The fourth-order valence-electron chi connectivity index (χ4n) is 3.06. The summed E-state index contributed by atoms with van der Waals surface area (Å²) in [6, 6.07) is 7.82. The lowest BCUT2D eigenvalue weighted by molar-refractivity contribution is 0.0532. The number of aromatic nitrogens is 1. The number of hydrogen-bond acceptors (Lipinski definition) is 5. The molecule has 0 atom stereocenters. The third kappa shape index (κ3) is 6.44. The van der Waals surface area contributed by atoms with E-state index >= 15 is 0 Å². The molecule has 0 N–H and O–H groups in total. The van der Waals surface area contributed by atoms with E-state index in [1.807, 2.05) is 45.0 Å². The fraction of sp³-hybridized carbons (Fsp3) is 0.522. The number of amides is 1. The van der Waals surface area contributed by atoms with Crippen LogP contribution in [-0.2, 0) is 17.7 Å². The summed E-state index contributed by atoms with van der Waals surface area (Å²) in [5, 5.41) is 0. The molecule has 0 aliphatic rings. The minimum Gasteiger partial charge on any atom is -0.464 e. The number of nitrogens with zero attached hydrogens (tertiary/aromatic N) is 2. The monoisotopic (exact) mass is 400 g/mol. The SMILES string of the molecule is CCCCCCc1ccc(C(=O)N(Cc2nc(C(=O)OC)co2)C(C)(C)C)cc1. The summed E-state index contributed by atoms with van der Waals surface area (Å²) in [6.45, 7) is 8.24. The van der Waals surface area contributed by atoms with Crippen molar-refractivity contribution < 1.29 is 18.7 Å². The highest BCUT2D eigenvalue weighted by Crippen LogP contribution is 2.21. The Kier molecular flexibility index (Phi) is 8.00. The summed E-state index contributed by atoms with van der Waals surface area (Å²) in [5.41, 5.74) is 1.51. The maximum Gasteiger partial charge on any atom is 0.360 e. The molecule has 6 heteroatoms. The van der Waals surface area contributed by atoms with Gasteiger partial charge >= 0.3 is 5.97 Å². The fourth-order valence-corrected chi connectivity index (χ4v) is 3.06. The molecular weight excluding hydrogens is 368 g/mol. The molecule has 0 aliphatic carbocycles. The lowest BCUT2D eigenvalue weighted by Crippen LogP contribution is -2.45. The van der Waals surface area contributed by atoms with Crippen molar-refractivity contribution in [3.8, 4) is 0 Å². The van der Waals surface area contributed by atoms with Crippen molar-refractivity contribution in [2.24, 2.45) is 0 Å². The molecule has 0 fully saturated rings. The highest BCUT2D eigenvalue weighted by molar-refractivity contribution is 5.94. The Morgan fingerprint density at radius 3 is 2.38 bits per heavy atom. The van der Waals surface area contributed by atoms with Crippen LogP contribution in [0.2, 0.25) is 0 Å². The van der Waals surface area contributed by atoms with Crippen LogP contribution >= 0.6 is 0 Å². The molecule has 2 aromatic rings. The summed E-state index contributed by atoms with van der Waals surface area (Å²) >= 11 is 0. The Hall–Kier alpha value is -2.63.